The van der Waals surface area contributed by atoms with Gasteiger partial charge in [-0.25, -0.2) is 4.98 Å². The molecule has 0 aromatic carbocycles. The fraction of sp³-hybridized carbons (Fsp3) is 0.182. The Bertz CT molecular complexity index is 716. The number of carbonyl (C=O) groups excluding carboxylic acids is 1. The predicted molar refractivity (Wildman–Crippen MR) is 70.8 cm³/mol. The van der Waals surface area contributed by atoms with E-state index in [4.69, 9.17) is 0 Å². The molecule has 9 nitrogen and oxygen atoms in total. The summed E-state index contributed by atoms with van der Waals surface area (Å²) >= 11 is 0. The van der Waals surface area contributed by atoms with Gasteiger partial charge in [0.1, 0.15) is 17.4 Å². The number of hydrogen-bond donors (Lipinski definition) is 3. The number of hydrogen-bond acceptors (Lipinski definition) is 7. The standard InChI is InChI=1S/C11H11N5O4/c1-12-8-5-3-6(10(17)13-2)11(18)15-9(5)14-4-7(8)16(19)20/h3-4H,1-2H3,(H,13,17)(H2,12,14,15,18). The first-order valence-corrected chi connectivity index (χ1v) is 5.56. The van der Waals surface area contributed by atoms with Crippen LogP contribution in [0.4, 0.5) is 11.4 Å². The van der Waals surface area contributed by atoms with Crippen molar-refractivity contribution < 1.29 is 14.8 Å². The number of fused-ring (bicyclic) bond motifs is 1. The number of pyridine rings is 2. The summed E-state index contributed by atoms with van der Waals surface area (Å²) in [6, 6.07) is 1.31. The van der Waals surface area contributed by atoms with Gasteiger partial charge in [0, 0.05) is 14.1 Å². The zero-order chi connectivity index (χ0) is 14.9. The Morgan fingerprint density at radius 1 is 1.45 bits per heavy atom. The Kier molecular flexibility index (Phi) is 3.34. The van der Waals surface area contributed by atoms with E-state index in [1.807, 2.05) is 0 Å². The van der Waals surface area contributed by atoms with Crippen molar-refractivity contribution in [1.82, 2.24) is 15.3 Å². The van der Waals surface area contributed by atoms with Crippen molar-refractivity contribution >= 4 is 28.3 Å². The van der Waals surface area contributed by atoms with Crippen LogP contribution >= 0.6 is 0 Å². The lowest BCUT2D eigenvalue weighted by molar-refractivity contribution is -0.384. The van der Waals surface area contributed by atoms with Crippen molar-refractivity contribution in [2.24, 2.45) is 0 Å². The monoisotopic (exact) mass is 277 g/mol. The molecule has 0 aliphatic carbocycles. The predicted octanol–water partition coefficient (Wildman–Crippen LogP) is 0.645. The molecule has 2 rings (SSSR count). The number of aromatic hydroxyl groups is 1. The molecular formula is C11H11N5O4. The lowest BCUT2D eigenvalue weighted by atomic mass is 10.1. The molecule has 2 aromatic heterocycles. The van der Waals surface area contributed by atoms with E-state index in [-0.39, 0.29) is 28.0 Å². The van der Waals surface area contributed by atoms with Gasteiger partial charge in [0.05, 0.1) is 10.3 Å². The summed E-state index contributed by atoms with van der Waals surface area (Å²) in [7, 11) is 2.91. The Balaban J connectivity index is 2.81. The molecule has 9 heteroatoms. The van der Waals surface area contributed by atoms with Crippen LogP contribution in [0.3, 0.4) is 0 Å². The minimum Gasteiger partial charge on any atom is -0.493 e. The molecule has 0 saturated carbocycles. The topological polar surface area (TPSA) is 130 Å². The van der Waals surface area contributed by atoms with Crippen molar-refractivity contribution in [1.29, 1.82) is 0 Å². The van der Waals surface area contributed by atoms with Gasteiger partial charge in [-0.3, -0.25) is 14.9 Å². The molecule has 0 spiro atoms. The van der Waals surface area contributed by atoms with Crippen molar-refractivity contribution in [3.8, 4) is 5.88 Å². The molecule has 0 atom stereocenters. The van der Waals surface area contributed by atoms with E-state index >= 15 is 0 Å². The summed E-state index contributed by atoms with van der Waals surface area (Å²) in [6.45, 7) is 0. The van der Waals surface area contributed by atoms with Gasteiger partial charge < -0.3 is 15.7 Å². The van der Waals surface area contributed by atoms with Crippen LogP contribution in [0, 0.1) is 10.1 Å². The van der Waals surface area contributed by atoms with Crippen LogP contribution in [0.1, 0.15) is 10.4 Å². The Morgan fingerprint density at radius 3 is 2.70 bits per heavy atom. The zero-order valence-corrected chi connectivity index (χ0v) is 10.7. The fourth-order valence-electron chi connectivity index (χ4n) is 1.80. The van der Waals surface area contributed by atoms with Crippen LogP contribution in [0.25, 0.3) is 11.0 Å². The molecule has 2 aromatic rings. The maximum absolute atomic E-state index is 11.6. The highest BCUT2D eigenvalue weighted by Gasteiger charge is 2.21. The zero-order valence-electron chi connectivity index (χ0n) is 10.7. The summed E-state index contributed by atoms with van der Waals surface area (Å²) in [4.78, 5) is 29.5. The third kappa shape index (κ3) is 2.05. The maximum Gasteiger partial charge on any atom is 0.311 e. The Labute approximate surface area is 112 Å². The molecule has 0 unspecified atom stereocenters. The molecule has 2 heterocycles. The van der Waals surface area contributed by atoms with Crippen LogP contribution in [-0.4, -0.2) is 40.0 Å². The van der Waals surface area contributed by atoms with E-state index in [9.17, 15) is 20.0 Å². The van der Waals surface area contributed by atoms with Crippen LogP contribution in [0.2, 0.25) is 0 Å². The number of carbonyl (C=O) groups is 1. The number of nitrogens with zero attached hydrogens (tertiary/aromatic N) is 3. The van der Waals surface area contributed by atoms with Crippen LogP contribution < -0.4 is 10.6 Å². The first-order valence-electron chi connectivity index (χ1n) is 5.56. The Morgan fingerprint density at radius 2 is 2.15 bits per heavy atom. The quantitative estimate of drug-likeness (QED) is 0.554. The second kappa shape index (κ2) is 4.96. The summed E-state index contributed by atoms with van der Waals surface area (Å²) in [5.74, 6) is -1.04. The highest BCUT2D eigenvalue weighted by molar-refractivity contribution is 6.02. The second-order valence-electron chi connectivity index (χ2n) is 3.84. The molecule has 0 saturated heterocycles. The minimum atomic E-state index is -0.593. The van der Waals surface area contributed by atoms with Gasteiger partial charge in [-0.05, 0) is 6.07 Å². The van der Waals surface area contributed by atoms with Gasteiger partial charge in [-0.1, -0.05) is 0 Å². The first-order chi connectivity index (χ1) is 9.49. The van der Waals surface area contributed by atoms with Gasteiger partial charge >= 0.3 is 5.69 Å². The largest absolute Gasteiger partial charge is 0.493 e. The molecular weight excluding hydrogens is 266 g/mol. The molecule has 0 fully saturated rings. The fourth-order valence-corrected chi connectivity index (χ4v) is 1.80. The van der Waals surface area contributed by atoms with E-state index in [1.165, 1.54) is 20.2 Å². The van der Waals surface area contributed by atoms with E-state index in [0.29, 0.717) is 0 Å². The molecule has 0 aliphatic rings. The van der Waals surface area contributed by atoms with Gasteiger partial charge in [-0.15, -0.1) is 0 Å². The number of amides is 1. The van der Waals surface area contributed by atoms with E-state index in [1.54, 1.807) is 0 Å². The van der Waals surface area contributed by atoms with Crippen molar-refractivity contribution in [3.05, 3.63) is 27.9 Å². The summed E-state index contributed by atoms with van der Waals surface area (Å²) in [5.41, 5.74) is -0.0445. The normalized spacial score (nSPS) is 10.3. The number of aromatic nitrogens is 2. The van der Waals surface area contributed by atoms with Crippen molar-refractivity contribution in [3.63, 3.8) is 0 Å². The summed E-state index contributed by atoms with van der Waals surface area (Å²) in [5, 5.41) is 25.9. The van der Waals surface area contributed by atoms with Crippen LogP contribution in [0.15, 0.2) is 12.3 Å². The van der Waals surface area contributed by atoms with E-state index < -0.39 is 16.7 Å². The van der Waals surface area contributed by atoms with Crippen LogP contribution in [0.5, 0.6) is 5.88 Å². The van der Waals surface area contributed by atoms with Gasteiger partial charge in [0.25, 0.3) is 5.91 Å². The number of nitro groups is 1. The Hall–Kier alpha value is -2.97. The molecule has 0 bridgehead atoms. The van der Waals surface area contributed by atoms with E-state index in [0.717, 1.165) is 6.20 Å². The van der Waals surface area contributed by atoms with E-state index in [2.05, 4.69) is 20.6 Å². The molecule has 1 amide bonds. The molecule has 0 aliphatic heterocycles. The smallest absolute Gasteiger partial charge is 0.311 e. The number of nitrogens with one attached hydrogen (secondary N) is 2. The average molecular weight is 277 g/mol. The second-order valence-corrected chi connectivity index (χ2v) is 3.84. The highest BCUT2D eigenvalue weighted by Crippen LogP contribution is 2.32. The SMILES string of the molecule is CNC(=O)c1cc2c(NC)c([N+](=O)[O-])cnc2nc1O. The highest BCUT2D eigenvalue weighted by atomic mass is 16.6. The van der Waals surface area contributed by atoms with Gasteiger partial charge in [0.15, 0.2) is 5.65 Å². The van der Waals surface area contributed by atoms with Crippen LogP contribution in [-0.2, 0) is 0 Å². The van der Waals surface area contributed by atoms with Crippen molar-refractivity contribution in [2.45, 2.75) is 0 Å². The molecule has 3 N–H and O–H groups in total. The number of anilines is 1. The molecule has 104 valence electrons. The van der Waals surface area contributed by atoms with Gasteiger partial charge in [-0.2, -0.15) is 4.98 Å². The first kappa shape index (κ1) is 13.5. The number of rotatable bonds is 3. The lowest BCUT2D eigenvalue weighted by Gasteiger charge is -2.08. The van der Waals surface area contributed by atoms with Gasteiger partial charge in [0.2, 0.25) is 5.88 Å². The molecule has 0 radical (unpaired) electrons. The average Bonchev–Trinajstić information content (AvgIpc) is 2.44. The summed E-state index contributed by atoms with van der Waals surface area (Å²) in [6.07, 6.45) is 1.04. The molecule has 20 heavy (non-hydrogen) atoms. The third-order valence-electron chi connectivity index (χ3n) is 2.74. The minimum absolute atomic E-state index is 0.0844. The third-order valence-corrected chi connectivity index (χ3v) is 2.74. The lowest BCUT2D eigenvalue weighted by Crippen LogP contribution is -2.18. The van der Waals surface area contributed by atoms with Crippen molar-refractivity contribution in [2.75, 3.05) is 19.4 Å². The maximum atomic E-state index is 11.6. The summed E-state index contributed by atoms with van der Waals surface area (Å²) < 4.78 is 0.